The molecule has 3 rings (SSSR count). The topological polar surface area (TPSA) is 24.4 Å². The molecule has 2 atom stereocenters. The largest absolute Gasteiger partial charge is 0.359 e. The lowest BCUT2D eigenvalue weighted by Gasteiger charge is -2.36. The van der Waals surface area contributed by atoms with Crippen LogP contribution in [0.3, 0.4) is 0 Å². The molecule has 0 aromatic rings. The molecule has 0 radical (unpaired) electrons. The molecule has 1 spiro atoms. The van der Waals surface area contributed by atoms with Crippen LogP contribution in [0.2, 0.25) is 0 Å². The molecule has 17 heavy (non-hydrogen) atoms. The van der Waals surface area contributed by atoms with Gasteiger partial charge in [-0.05, 0) is 37.0 Å². The van der Waals surface area contributed by atoms with Crippen LogP contribution in [0, 0.1) is 11.3 Å². The first-order valence-corrected chi connectivity index (χ1v) is 8.03. The van der Waals surface area contributed by atoms with Crippen LogP contribution >= 0.6 is 11.8 Å². The zero-order chi connectivity index (χ0) is 11.9. The van der Waals surface area contributed by atoms with Crippen molar-refractivity contribution < 1.29 is 0 Å². The molecule has 1 heterocycles. The van der Waals surface area contributed by atoms with Gasteiger partial charge in [0.05, 0.1) is 0 Å². The summed E-state index contributed by atoms with van der Waals surface area (Å²) >= 11 is 1.96. The van der Waals surface area contributed by atoms with Gasteiger partial charge in [0.15, 0.2) is 5.17 Å². The Labute approximate surface area is 109 Å². The van der Waals surface area contributed by atoms with Crippen molar-refractivity contribution >= 4 is 16.9 Å². The number of hydrogen-bond donors (Lipinski definition) is 1. The molecule has 0 amide bonds. The van der Waals surface area contributed by atoms with Gasteiger partial charge in [0.2, 0.25) is 0 Å². The maximum atomic E-state index is 4.80. The first-order valence-electron chi connectivity index (χ1n) is 7.05. The minimum Gasteiger partial charge on any atom is -0.359 e. The fraction of sp³-hybridized carbons (Fsp3) is 0.929. The molecule has 1 saturated heterocycles. The lowest BCUT2D eigenvalue weighted by Crippen LogP contribution is -2.47. The highest BCUT2D eigenvalue weighted by Gasteiger charge is 2.41. The Kier molecular flexibility index (Phi) is 2.92. The molecular weight excluding hydrogens is 228 g/mol. The van der Waals surface area contributed by atoms with Crippen LogP contribution in [-0.2, 0) is 0 Å². The predicted molar refractivity (Wildman–Crippen MR) is 75.6 cm³/mol. The smallest absolute Gasteiger partial charge is 0.157 e. The minimum absolute atomic E-state index is 0.394. The van der Waals surface area contributed by atoms with Gasteiger partial charge in [-0.15, -0.1) is 0 Å². The summed E-state index contributed by atoms with van der Waals surface area (Å²) < 4.78 is 0. The van der Waals surface area contributed by atoms with E-state index in [2.05, 4.69) is 19.2 Å². The van der Waals surface area contributed by atoms with Gasteiger partial charge in [-0.2, -0.15) is 0 Å². The van der Waals surface area contributed by atoms with Crippen molar-refractivity contribution in [1.29, 1.82) is 0 Å². The number of rotatable bonds is 2. The molecule has 1 aliphatic heterocycles. The Morgan fingerprint density at radius 3 is 2.94 bits per heavy atom. The number of amidine groups is 1. The van der Waals surface area contributed by atoms with E-state index in [-0.39, 0.29) is 0 Å². The van der Waals surface area contributed by atoms with Crippen LogP contribution in [-0.4, -0.2) is 23.0 Å². The lowest BCUT2D eigenvalue weighted by molar-refractivity contribution is 0.242. The van der Waals surface area contributed by atoms with E-state index in [1.807, 2.05) is 11.8 Å². The van der Waals surface area contributed by atoms with Crippen LogP contribution < -0.4 is 5.32 Å². The zero-order valence-corrected chi connectivity index (χ0v) is 11.9. The van der Waals surface area contributed by atoms with E-state index in [0.717, 1.165) is 12.5 Å². The van der Waals surface area contributed by atoms with Crippen molar-refractivity contribution in [2.75, 3.05) is 12.3 Å². The number of thioether (sulfide) groups is 1. The quantitative estimate of drug-likeness (QED) is 0.814. The van der Waals surface area contributed by atoms with Crippen molar-refractivity contribution in [3.05, 3.63) is 0 Å². The van der Waals surface area contributed by atoms with Gasteiger partial charge in [0, 0.05) is 17.8 Å². The second-order valence-corrected chi connectivity index (χ2v) is 7.79. The minimum atomic E-state index is 0.394. The first kappa shape index (κ1) is 11.9. The first-order chi connectivity index (χ1) is 8.09. The van der Waals surface area contributed by atoms with Crippen LogP contribution in [0.5, 0.6) is 0 Å². The third-order valence-corrected chi connectivity index (χ3v) is 5.86. The van der Waals surface area contributed by atoms with Gasteiger partial charge in [-0.1, -0.05) is 38.5 Å². The number of nitrogens with one attached hydrogen (secondary N) is 1. The molecule has 2 saturated carbocycles. The van der Waals surface area contributed by atoms with Crippen molar-refractivity contribution in [3.8, 4) is 0 Å². The van der Waals surface area contributed by atoms with Crippen molar-refractivity contribution in [2.24, 2.45) is 16.3 Å². The van der Waals surface area contributed by atoms with Gasteiger partial charge >= 0.3 is 0 Å². The number of aliphatic imine (C=N–C) groups is 1. The van der Waals surface area contributed by atoms with Gasteiger partial charge in [0.1, 0.15) is 0 Å². The maximum Gasteiger partial charge on any atom is 0.157 e. The number of nitrogens with zero attached hydrogens (tertiary/aromatic N) is 1. The van der Waals surface area contributed by atoms with Gasteiger partial charge in [0.25, 0.3) is 0 Å². The molecule has 2 unspecified atom stereocenters. The molecule has 0 aromatic carbocycles. The van der Waals surface area contributed by atoms with E-state index in [4.69, 9.17) is 4.99 Å². The van der Waals surface area contributed by atoms with E-state index in [9.17, 15) is 0 Å². The lowest BCUT2D eigenvalue weighted by atomic mass is 9.78. The standard InChI is InChI=1S/C14H24N2S/c1-11-4-3-5-14(8-11)10-17-12(16-14)15-9-13(2)6-7-13/h11H,3-10H2,1-2H3,(H,15,16). The van der Waals surface area contributed by atoms with E-state index >= 15 is 0 Å². The van der Waals surface area contributed by atoms with Crippen LogP contribution in [0.1, 0.15) is 52.4 Å². The average Bonchev–Trinajstić information content (AvgIpc) is 2.90. The summed E-state index contributed by atoms with van der Waals surface area (Å²) in [7, 11) is 0. The fourth-order valence-electron chi connectivity index (χ4n) is 3.13. The Morgan fingerprint density at radius 2 is 2.24 bits per heavy atom. The van der Waals surface area contributed by atoms with Crippen molar-refractivity contribution in [2.45, 2.75) is 57.9 Å². The zero-order valence-electron chi connectivity index (χ0n) is 11.1. The maximum absolute atomic E-state index is 4.80. The van der Waals surface area contributed by atoms with Crippen LogP contribution in [0.15, 0.2) is 4.99 Å². The molecule has 3 heteroatoms. The summed E-state index contributed by atoms with van der Waals surface area (Å²) in [5.74, 6) is 2.13. The predicted octanol–water partition coefficient (Wildman–Crippen LogP) is 3.43. The van der Waals surface area contributed by atoms with Crippen molar-refractivity contribution in [1.82, 2.24) is 5.32 Å². The molecule has 1 N–H and O–H groups in total. The molecule has 3 aliphatic rings. The third-order valence-electron chi connectivity index (χ3n) is 4.66. The normalized spacial score (nSPS) is 41.8. The Morgan fingerprint density at radius 1 is 1.41 bits per heavy atom. The molecule has 2 aliphatic carbocycles. The molecule has 0 bridgehead atoms. The number of hydrogen-bond acceptors (Lipinski definition) is 2. The fourth-order valence-corrected chi connectivity index (χ4v) is 4.32. The molecular formula is C14H24N2S. The molecule has 0 aromatic heterocycles. The summed E-state index contributed by atoms with van der Waals surface area (Å²) in [6.07, 6.45) is 8.24. The highest BCUT2D eigenvalue weighted by molar-refractivity contribution is 8.14. The van der Waals surface area contributed by atoms with Gasteiger partial charge < -0.3 is 5.32 Å². The van der Waals surface area contributed by atoms with Gasteiger partial charge in [-0.3, -0.25) is 4.99 Å². The van der Waals surface area contributed by atoms with E-state index in [0.29, 0.717) is 11.0 Å². The van der Waals surface area contributed by atoms with Crippen LogP contribution in [0.25, 0.3) is 0 Å². The highest BCUT2D eigenvalue weighted by atomic mass is 32.2. The van der Waals surface area contributed by atoms with E-state index in [1.165, 1.54) is 49.4 Å². The highest BCUT2D eigenvalue weighted by Crippen LogP contribution is 2.45. The Balaban J connectivity index is 1.60. The Hall–Kier alpha value is -0.180. The third kappa shape index (κ3) is 2.64. The summed E-state index contributed by atoms with van der Waals surface area (Å²) in [5.41, 5.74) is 0.941. The SMILES string of the molecule is CC1CCCC2(CSC(=NCC3(C)CC3)N2)C1. The molecule has 3 fully saturated rings. The molecule has 2 nitrogen and oxygen atoms in total. The van der Waals surface area contributed by atoms with E-state index < -0.39 is 0 Å². The summed E-state index contributed by atoms with van der Waals surface area (Å²) in [6.45, 7) is 5.79. The summed E-state index contributed by atoms with van der Waals surface area (Å²) in [5, 5.41) is 4.98. The average molecular weight is 252 g/mol. The Bertz CT molecular complexity index is 335. The van der Waals surface area contributed by atoms with E-state index in [1.54, 1.807) is 0 Å². The summed E-state index contributed by atoms with van der Waals surface area (Å²) in [4.78, 5) is 4.80. The van der Waals surface area contributed by atoms with Crippen LogP contribution in [0.4, 0.5) is 0 Å². The van der Waals surface area contributed by atoms with Crippen molar-refractivity contribution in [3.63, 3.8) is 0 Å². The second kappa shape index (κ2) is 4.18. The molecule has 96 valence electrons. The monoisotopic (exact) mass is 252 g/mol. The summed E-state index contributed by atoms with van der Waals surface area (Å²) in [6, 6.07) is 0. The van der Waals surface area contributed by atoms with Gasteiger partial charge in [-0.25, -0.2) is 0 Å². The second-order valence-electron chi connectivity index (χ2n) is 6.83.